The minimum atomic E-state index is -0.870. The summed E-state index contributed by atoms with van der Waals surface area (Å²) in [6.07, 6.45) is -0.0515. The molecule has 0 aliphatic rings. The van der Waals surface area contributed by atoms with Crippen LogP contribution >= 0.6 is 0 Å². The average molecular weight is 265 g/mol. The molecule has 5 heteroatoms. The molecule has 1 amide bonds. The number of carbonyl (C=O) groups is 2. The van der Waals surface area contributed by atoms with Crippen molar-refractivity contribution in [3.8, 4) is 5.75 Å². The summed E-state index contributed by atoms with van der Waals surface area (Å²) in [5.41, 5.74) is 0.727. The number of para-hydroxylation sites is 1. The number of nitrogens with zero attached hydrogens (tertiary/aromatic N) is 1. The van der Waals surface area contributed by atoms with Gasteiger partial charge in [0.25, 0.3) is 0 Å². The molecule has 0 aliphatic heterocycles. The number of carboxylic acids is 1. The lowest BCUT2D eigenvalue weighted by atomic mass is 10.1. The van der Waals surface area contributed by atoms with Crippen LogP contribution in [0.2, 0.25) is 0 Å². The molecule has 0 atom stereocenters. The summed E-state index contributed by atoms with van der Waals surface area (Å²) < 4.78 is 5.32. The molecule has 1 N–H and O–H groups in total. The van der Waals surface area contributed by atoms with Crippen LogP contribution in [-0.2, 0) is 11.2 Å². The van der Waals surface area contributed by atoms with Gasteiger partial charge in [0, 0.05) is 19.5 Å². The second-order valence-corrected chi connectivity index (χ2v) is 4.04. The maximum Gasteiger partial charge on any atom is 0.415 e. The van der Waals surface area contributed by atoms with Gasteiger partial charge >= 0.3 is 12.1 Å². The quantitative estimate of drug-likeness (QED) is 0.858. The van der Waals surface area contributed by atoms with Crippen LogP contribution in [0.25, 0.3) is 0 Å². The lowest BCUT2D eigenvalue weighted by Gasteiger charge is -2.19. The zero-order chi connectivity index (χ0) is 14.3. The number of benzene rings is 1. The van der Waals surface area contributed by atoms with E-state index < -0.39 is 12.1 Å². The van der Waals surface area contributed by atoms with Gasteiger partial charge in [-0.15, -0.1) is 0 Å². The van der Waals surface area contributed by atoms with E-state index in [0.29, 0.717) is 25.3 Å². The van der Waals surface area contributed by atoms with Gasteiger partial charge in [0.2, 0.25) is 0 Å². The molecule has 0 saturated carbocycles. The predicted molar refractivity (Wildman–Crippen MR) is 71.3 cm³/mol. The highest BCUT2D eigenvalue weighted by Gasteiger charge is 2.14. The van der Waals surface area contributed by atoms with Crippen LogP contribution in [0.1, 0.15) is 25.8 Å². The molecular formula is C14H19NO4. The monoisotopic (exact) mass is 265 g/mol. The molecule has 0 aliphatic carbocycles. The molecule has 0 heterocycles. The number of hydrogen-bond donors (Lipinski definition) is 1. The summed E-state index contributed by atoms with van der Waals surface area (Å²) in [6, 6.07) is 7.01. The van der Waals surface area contributed by atoms with Crippen molar-refractivity contribution < 1.29 is 19.4 Å². The first-order chi connectivity index (χ1) is 9.08. The zero-order valence-electron chi connectivity index (χ0n) is 11.3. The minimum absolute atomic E-state index is 0.0137. The molecule has 0 spiro atoms. The van der Waals surface area contributed by atoms with Crippen LogP contribution in [0.4, 0.5) is 4.79 Å². The van der Waals surface area contributed by atoms with Gasteiger partial charge in [0.05, 0.1) is 0 Å². The lowest BCUT2D eigenvalue weighted by Crippen LogP contribution is -2.33. The molecule has 0 aromatic heterocycles. The minimum Gasteiger partial charge on any atom is -0.481 e. The average Bonchev–Trinajstić information content (AvgIpc) is 2.39. The number of carboxylic acid groups (broad SMARTS) is 1. The second kappa shape index (κ2) is 7.41. The van der Waals surface area contributed by atoms with Crippen molar-refractivity contribution in [2.75, 3.05) is 13.1 Å². The Morgan fingerprint density at radius 3 is 2.42 bits per heavy atom. The molecule has 1 aromatic carbocycles. The number of aliphatic carboxylic acids is 1. The van der Waals surface area contributed by atoms with Crippen molar-refractivity contribution in [2.45, 2.75) is 26.7 Å². The molecule has 5 nitrogen and oxygen atoms in total. The van der Waals surface area contributed by atoms with Crippen LogP contribution in [0.3, 0.4) is 0 Å². The summed E-state index contributed by atoms with van der Waals surface area (Å²) in [4.78, 5) is 24.0. The van der Waals surface area contributed by atoms with Gasteiger partial charge in [-0.25, -0.2) is 4.79 Å². The smallest absolute Gasteiger partial charge is 0.415 e. The van der Waals surface area contributed by atoms with Crippen molar-refractivity contribution >= 4 is 12.1 Å². The first-order valence-corrected chi connectivity index (χ1v) is 6.34. The molecule has 19 heavy (non-hydrogen) atoms. The Labute approximate surface area is 112 Å². The van der Waals surface area contributed by atoms with Gasteiger partial charge in [0.15, 0.2) is 0 Å². The Hall–Kier alpha value is -2.04. The first-order valence-electron chi connectivity index (χ1n) is 6.34. The van der Waals surface area contributed by atoms with Gasteiger partial charge in [-0.2, -0.15) is 0 Å². The van der Waals surface area contributed by atoms with Crippen LogP contribution < -0.4 is 4.74 Å². The van der Waals surface area contributed by atoms with E-state index in [-0.39, 0.29) is 6.42 Å². The highest BCUT2D eigenvalue weighted by molar-refractivity contribution is 5.71. The number of carbonyl (C=O) groups excluding carboxylic acids is 1. The third kappa shape index (κ3) is 4.62. The molecule has 0 fully saturated rings. The van der Waals surface area contributed by atoms with E-state index in [0.717, 1.165) is 5.56 Å². The summed E-state index contributed by atoms with van der Waals surface area (Å²) in [6.45, 7) is 4.90. The second-order valence-electron chi connectivity index (χ2n) is 4.04. The fourth-order valence-corrected chi connectivity index (χ4v) is 1.69. The topological polar surface area (TPSA) is 66.8 Å². The highest BCUT2D eigenvalue weighted by Crippen LogP contribution is 2.20. The molecule has 0 unspecified atom stereocenters. The fourth-order valence-electron chi connectivity index (χ4n) is 1.69. The van der Waals surface area contributed by atoms with Gasteiger partial charge in [0.1, 0.15) is 5.75 Å². The Bertz CT molecular complexity index is 441. The van der Waals surface area contributed by atoms with Crippen molar-refractivity contribution in [3.05, 3.63) is 29.8 Å². The molecule has 1 aromatic rings. The summed E-state index contributed by atoms with van der Waals surface area (Å²) in [5.74, 6) is -0.439. The molecular weight excluding hydrogens is 246 g/mol. The summed E-state index contributed by atoms with van der Waals surface area (Å²) in [5, 5.41) is 8.70. The van der Waals surface area contributed by atoms with Gasteiger partial charge < -0.3 is 14.7 Å². The van der Waals surface area contributed by atoms with E-state index in [2.05, 4.69) is 0 Å². The van der Waals surface area contributed by atoms with Gasteiger partial charge in [-0.1, -0.05) is 18.2 Å². The highest BCUT2D eigenvalue weighted by atomic mass is 16.6. The zero-order valence-corrected chi connectivity index (χ0v) is 11.3. The Morgan fingerprint density at radius 1 is 1.21 bits per heavy atom. The van der Waals surface area contributed by atoms with Crippen LogP contribution in [0, 0.1) is 0 Å². The van der Waals surface area contributed by atoms with Gasteiger partial charge in [-0.05, 0) is 31.9 Å². The van der Waals surface area contributed by atoms with Crippen LogP contribution in [0.15, 0.2) is 24.3 Å². The molecule has 1 rings (SSSR count). The standard InChI is InChI=1S/C14H19NO4/c1-3-15(4-2)14(18)19-12-8-6-5-7-11(12)9-10-13(16)17/h5-8H,3-4,9-10H2,1-2H3,(H,16,17). The first kappa shape index (κ1) is 15.0. The van der Waals surface area contributed by atoms with Crippen molar-refractivity contribution in [1.82, 2.24) is 4.90 Å². The molecule has 104 valence electrons. The number of ether oxygens (including phenoxy) is 1. The largest absolute Gasteiger partial charge is 0.481 e. The molecule has 0 bridgehead atoms. The van der Waals surface area contributed by atoms with Crippen LogP contribution in [-0.4, -0.2) is 35.2 Å². The van der Waals surface area contributed by atoms with Crippen LogP contribution in [0.5, 0.6) is 5.75 Å². The summed E-state index contributed by atoms with van der Waals surface area (Å²) in [7, 11) is 0. The van der Waals surface area contributed by atoms with Gasteiger partial charge in [-0.3, -0.25) is 4.79 Å². The third-order valence-electron chi connectivity index (χ3n) is 2.80. The van der Waals surface area contributed by atoms with E-state index in [9.17, 15) is 9.59 Å². The summed E-state index contributed by atoms with van der Waals surface area (Å²) >= 11 is 0. The maximum absolute atomic E-state index is 11.9. The number of hydrogen-bond acceptors (Lipinski definition) is 3. The fraction of sp³-hybridized carbons (Fsp3) is 0.429. The molecule has 0 saturated heterocycles. The Morgan fingerprint density at radius 2 is 1.84 bits per heavy atom. The van der Waals surface area contributed by atoms with Crippen molar-refractivity contribution in [1.29, 1.82) is 0 Å². The predicted octanol–water partition coefficient (Wildman–Crippen LogP) is 2.54. The van der Waals surface area contributed by atoms with Crippen molar-refractivity contribution in [3.63, 3.8) is 0 Å². The molecule has 0 radical (unpaired) electrons. The van der Waals surface area contributed by atoms with E-state index in [4.69, 9.17) is 9.84 Å². The van der Waals surface area contributed by atoms with E-state index in [1.54, 1.807) is 29.2 Å². The number of rotatable bonds is 6. The number of aryl methyl sites for hydroxylation is 1. The Balaban J connectivity index is 2.77. The van der Waals surface area contributed by atoms with E-state index in [1.165, 1.54) is 0 Å². The maximum atomic E-state index is 11.9. The third-order valence-corrected chi connectivity index (χ3v) is 2.80. The number of amides is 1. The Kier molecular flexibility index (Phi) is 5.85. The van der Waals surface area contributed by atoms with E-state index in [1.807, 2.05) is 13.8 Å². The lowest BCUT2D eigenvalue weighted by molar-refractivity contribution is -0.136. The normalized spacial score (nSPS) is 10.0. The van der Waals surface area contributed by atoms with E-state index >= 15 is 0 Å². The van der Waals surface area contributed by atoms with Crippen molar-refractivity contribution in [2.24, 2.45) is 0 Å². The SMILES string of the molecule is CCN(CC)C(=O)Oc1ccccc1CCC(=O)O.